The molecule has 0 saturated carbocycles. The highest BCUT2D eigenvalue weighted by Gasteiger charge is 2.18. The van der Waals surface area contributed by atoms with E-state index in [2.05, 4.69) is 219 Å². The molecule has 1 heterocycles. The maximum absolute atomic E-state index is 2.40. The van der Waals surface area contributed by atoms with Crippen molar-refractivity contribution in [1.82, 2.24) is 4.57 Å². The minimum absolute atomic E-state index is 0.114. The third-order valence-electron chi connectivity index (χ3n) is 11.4. The van der Waals surface area contributed by atoms with Gasteiger partial charge in [-0.15, -0.1) is 0 Å². The van der Waals surface area contributed by atoms with Crippen molar-refractivity contribution in [2.45, 2.75) is 26.2 Å². The van der Waals surface area contributed by atoms with Gasteiger partial charge in [-0.1, -0.05) is 185 Å². The molecule has 0 fully saturated rings. The zero-order valence-corrected chi connectivity index (χ0v) is 31.4. The summed E-state index contributed by atoms with van der Waals surface area (Å²) in [5, 5.41) is 7.59. The summed E-state index contributed by atoms with van der Waals surface area (Å²) in [7, 11) is 0. The summed E-state index contributed by atoms with van der Waals surface area (Å²) in [4.78, 5) is 0. The van der Waals surface area contributed by atoms with Gasteiger partial charge < -0.3 is 4.57 Å². The fraction of sp³-hybridized carbons (Fsp3) is 0.0741. The molecule has 10 rings (SSSR count). The first-order valence-electron chi connectivity index (χ1n) is 19.3. The number of nitrogens with zero attached hydrogens (tertiary/aromatic N) is 1. The zero-order valence-electron chi connectivity index (χ0n) is 31.4. The molecule has 0 saturated heterocycles. The number of benzene rings is 9. The monoisotopic (exact) mass is 703 g/mol. The van der Waals surface area contributed by atoms with Crippen LogP contribution in [-0.2, 0) is 5.41 Å². The van der Waals surface area contributed by atoms with Crippen molar-refractivity contribution in [2.24, 2.45) is 0 Å². The average Bonchev–Trinajstić information content (AvgIpc) is 3.57. The zero-order chi connectivity index (χ0) is 37.1. The Balaban J connectivity index is 1.06. The predicted octanol–water partition coefficient (Wildman–Crippen LogP) is 15.1. The Morgan fingerprint density at radius 2 is 0.709 bits per heavy atom. The van der Waals surface area contributed by atoms with Crippen LogP contribution in [0.4, 0.5) is 0 Å². The molecule has 10 aromatic rings. The first-order chi connectivity index (χ1) is 26.9. The summed E-state index contributed by atoms with van der Waals surface area (Å²) in [6.45, 7) is 6.80. The Hall–Kier alpha value is -6.70. The Morgan fingerprint density at radius 3 is 1.24 bits per heavy atom. The van der Waals surface area contributed by atoms with Gasteiger partial charge >= 0.3 is 0 Å². The molecule has 0 spiro atoms. The van der Waals surface area contributed by atoms with Crippen LogP contribution >= 0.6 is 0 Å². The van der Waals surface area contributed by atoms with Crippen molar-refractivity contribution in [3.8, 4) is 50.2 Å². The number of rotatable bonds is 5. The maximum Gasteiger partial charge on any atom is 0.0541 e. The van der Waals surface area contributed by atoms with Crippen LogP contribution in [0.3, 0.4) is 0 Å². The summed E-state index contributed by atoms with van der Waals surface area (Å²) in [6, 6.07) is 71.5. The molecule has 55 heavy (non-hydrogen) atoms. The smallest absolute Gasteiger partial charge is 0.0541 e. The molecule has 0 unspecified atom stereocenters. The number of fused-ring (bicyclic) bond motifs is 5. The molecule has 0 aliphatic rings. The van der Waals surface area contributed by atoms with Gasteiger partial charge in [0.1, 0.15) is 0 Å². The number of para-hydroxylation sites is 1. The molecule has 0 N–H and O–H groups in total. The molecule has 1 aromatic heterocycles. The lowest BCUT2D eigenvalue weighted by molar-refractivity contribution is 0.590. The lowest BCUT2D eigenvalue weighted by atomic mass is 9.85. The second-order valence-electron chi connectivity index (χ2n) is 15.7. The van der Waals surface area contributed by atoms with Crippen molar-refractivity contribution in [2.75, 3.05) is 0 Å². The minimum atomic E-state index is 0.114. The van der Waals surface area contributed by atoms with Crippen molar-refractivity contribution in [3.05, 3.63) is 200 Å². The molecule has 0 bridgehead atoms. The molecule has 0 aliphatic carbocycles. The predicted molar refractivity (Wildman–Crippen MR) is 236 cm³/mol. The summed E-state index contributed by atoms with van der Waals surface area (Å²) in [5.41, 5.74) is 15.0. The molecule has 1 nitrogen and oxygen atoms in total. The quantitative estimate of drug-likeness (QED) is 0.157. The van der Waals surface area contributed by atoms with Crippen molar-refractivity contribution >= 4 is 43.4 Å². The topological polar surface area (TPSA) is 4.93 Å². The van der Waals surface area contributed by atoms with E-state index in [1.165, 1.54) is 99.1 Å². The SMILES string of the molecule is CC(C)(C)c1ccc(-n2c3ccccc3c3cc(-c4ccc(-c5c6ccccc6c(-c6ccc(-c7ccccc7)cc6)c6ccccc56)cc4)ccc32)cc1. The third-order valence-corrected chi connectivity index (χ3v) is 11.4. The molecular weight excluding hydrogens is 663 g/mol. The van der Waals surface area contributed by atoms with Crippen molar-refractivity contribution in [1.29, 1.82) is 0 Å². The highest BCUT2D eigenvalue weighted by molar-refractivity contribution is 6.21. The molecule has 9 aromatic carbocycles. The molecule has 1 heteroatoms. The van der Waals surface area contributed by atoms with E-state index in [0.717, 1.165) is 0 Å². The third kappa shape index (κ3) is 5.63. The Labute approximate surface area is 322 Å². The average molecular weight is 704 g/mol. The second kappa shape index (κ2) is 13.0. The van der Waals surface area contributed by atoms with Gasteiger partial charge in [-0.3, -0.25) is 0 Å². The van der Waals surface area contributed by atoms with Gasteiger partial charge in [0.05, 0.1) is 11.0 Å². The maximum atomic E-state index is 2.40. The fourth-order valence-corrected chi connectivity index (χ4v) is 8.58. The fourth-order valence-electron chi connectivity index (χ4n) is 8.58. The molecule has 0 amide bonds. The van der Waals surface area contributed by atoms with E-state index >= 15 is 0 Å². The van der Waals surface area contributed by atoms with E-state index in [9.17, 15) is 0 Å². The van der Waals surface area contributed by atoms with Gasteiger partial charge in [-0.2, -0.15) is 0 Å². The lowest BCUT2D eigenvalue weighted by Crippen LogP contribution is -2.10. The van der Waals surface area contributed by atoms with E-state index in [1.54, 1.807) is 0 Å². The highest BCUT2D eigenvalue weighted by Crippen LogP contribution is 2.44. The molecular formula is C54H41N. The van der Waals surface area contributed by atoms with E-state index in [0.29, 0.717) is 0 Å². The van der Waals surface area contributed by atoms with Gasteiger partial charge in [-0.05, 0) is 107 Å². The van der Waals surface area contributed by atoms with Gasteiger partial charge in [0.15, 0.2) is 0 Å². The summed E-state index contributed by atoms with van der Waals surface area (Å²) in [6.07, 6.45) is 0. The minimum Gasteiger partial charge on any atom is -0.309 e. The lowest BCUT2D eigenvalue weighted by Gasteiger charge is -2.19. The second-order valence-corrected chi connectivity index (χ2v) is 15.7. The van der Waals surface area contributed by atoms with Gasteiger partial charge in [0.2, 0.25) is 0 Å². The Morgan fingerprint density at radius 1 is 0.309 bits per heavy atom. The van der Waals surface area contributed by atoms with E-state index in [-0.39, 0.29) is 5.41 Å². The van der Waals surface area contributed by atoms with Crippen LogP contribution < -0.4 is 0 Å². The summed E-state index contributed by atoms with van der Waals surface area (Å²) >= 11 is 0. The summed E-state index contributed by atoms with van der Waals surface area (Å²) < 4.78 is 2.40. The van der Waals surface area contributed by atoms with Crippen LogP contribution in [0.1, 0.15) is 26.3 Å². The Bertz CT molecular complexity index is 2960. The van der Waals surface area contributed by atoms with E-state index < -0.39 is 0 Å². The highest BCUT2D eigenvalue weighted by atomic mass is 15.0. The van der Waals surface area contributed by atoms with Crippen LogP contribution in [0.15, 0.2) is 194 Å². The first kappa shape index (κ1) is 32.9. The van der Waals surface area contributed by atoms with E-state index in [1.807, 2.05) is 0 Å². The van der Waals surface area contributed by atoms with Gasteiger partial charge in [0, 0.05) is 16.5 Å². The van der Waals surface area contributed by atoms with Crippen LogP contribution in [-0.4, -0.2) is 4.57 Å². The van der Waals surface area contributed by atoms with Crippen molar-refractivity contribution < 1.29 is 0 Å². The first-order valence-corrected chi connectivity index (χ1v) is 19.3. The standard InChI is InChI=1S/C54H41N/c1-54(2,3)42-30-32-43(33-31-42)55-50-20-12-11-15-44(50)49-35-41(29-34-51(49)55)38-23-27-40(28-24-38)53-47-18-9-7-16-45(47)52(46-17-8-10-19-48(46)53)39-25-21-37(22-26-39)36-13-5-4-6-14-36/h4-35H,1-3H3. The van der Waals surface area contributed by atoms with Crippen LogP contribution in [0.2, 0.25) is 0 Å². The Kier molecular flexibility index (Phi) is 7.78. The van der Waals surface area contributed by atoms with Crippen LogP contribution in [0, 0.1) is 0 Å². The molecule has 262 valence electrons. The largest absolute Gasteiger partial charge is 0.309 e. The normalized spacial score (nSPS) is 11.9. The van der Waals surface area contributed by atoms with Crippen LogP contribution in [0.25, 0.3) is 93.5 Å². The molecule has 0 aliphatic heterocycles. The van der Waals surface area contributed by atoms with Crippen molar-refractivity contribution in [3.63, 3.8) is 0 Å². The van der Waals surface area contributed by atoms with Gasteiger partial charge in [-0.25, -0.2) is 0 Å². The number of aromatic nitrogens is 1. The number of hydrogen-bond acceptors (Lipinski definition) is 0. The van der Waals surface area contributed by atoms with E-state index in [4.69, 9.17) is 0 Å². The molecule has 0 radical (unpaired) electrons. The molecule has 0 atom stereocenters. The number of hydrogen-bond donors (Lipinski definition) is 0. The van der Waals surface area contributed by atoms with Gasteiger partial charge in [0.25, 0.3) is 0 Å². The summed E-state index contributed by atoms with van der Waals surface area (Å²) in [5.74, 6) is 0. The van der Waals surface area contributed by atoms with Crippen LogP contribution in [0.5, 0.6) is 0 Å².